The van der Waals surface area contributed by atoms with E-state index in [0.717, 1.165) is 24.2 Å². The van der Waals surface area contributed by atoms with Gasteiger partial charge in [0.25, 0.3) is 0 Å². The van der Waals surface area contributed by atoms with Crippen molar-refractivity contribution in [1.29, 1.82) is 0 Å². The van der Waals surface area contributed by atoms with E-state index < -0.39 is 0 Å². The van der Waals surface area contributed by atoms with Crippen LogP contribution >= 0.6 is 0 Å². The predicted molar refractivity (Wildman–Crippen MR) is 73.1 cm³/mol. The number of amides is 1. The van der Waals surface area contributed by atoms with Crippen LogP contribution in [0.1, 0.15) is 25.8 Å². The molecule has 2 N–H and O–H groups in total. The number of para-hydroxylation sites is 1. The number of benzene rings is 1. The van der Waals surface area contributed by atoms with Crippen LogP contribution in [-0.4, -0.2) is 30.6 Å². The minimum Gasteiger partial charge on any atom is -0.398 e. The molecule has 100 valence electrons. The van der Waals surface area contributed by atoms with Crippen molar-refractivity contribution in [3.05, 3.63) is 29.8 Å². The maximum absolute atomic E-state index is 12.0. The van der Waals surface area contributed by atoms with Gasteiger partial charge in [-0.3, -0.25) is 4.79 Å². The summed E-state index contributed by atoms with van der Waals surface area (Å²) in [5.74, 6) is 0.0157. The predicted octanol–water partition coefficient (Wildman–Crippen LogP) is 2.04. The molecule has 1 amide bonds. The SMILES string of the molecule is CCCN(Cc1ccccc1N)C(=O)COCC. The van der Waals surface area contributed by atoms with Crippen LogP contribution in [0, 0.1) is 0 Å². The summed E-state index contributed by atoms with van der Waals surface area (Å²) >= 11 is 0. The van der Waals surface area contributed by atoms with Crippen molar-refractivity contribution in [3.63, 3.8) is 0 Å². The third kappa shape index (κ3) is 4.37. The first kappa shape index (κ1) is 14.5. The van der Waals surface area contributed by atoms with E-state index in [0.29, 0.717) is 13.2 Å². The molecule has 0 radical (unpaired) electrons. The smallest absolute Gasteiger partial charge is 0.248 e. The van der Waals surface area contributed by atoms with E-state index in [-0.39, 0.29) is 12.5 Å². The minimum atomic E-state index is 0.0157. The number of ether oxygens (including phenoxy) is 1. The summed E-state index contributed by atoms with van der Waals surface area (Å²) in [5.41, 5.74) is 7.60. The molecule has 18 heavy (non-hydrogen) atoms. The molecule has 1 aromatic rings. The van der Waals surface area contributed by atoms with Crippen molar-refractivity contribution < 1.29 is 9.53 Å². The molecular formula is C14H22N2O2. The minimum absolute atomic E-state index is 0.0157. The standard InChI is InChI=1S/C14H22N2O2/c1-3-9-16(14(17)11-18-4-2)10-12-7-5-6-8-13(12)15/h5-8H,3-4,9-11,15H2,1-2H3. The Morgan fingerprint density at radius 1 is 1.33 bits per heavy atom. The third-order valence-corrected chi connectivity index (χ3v) is 2.69. The van der Waals surface area contributed by atoms with Crippen molar-refractivity contribution in [3.8, 4) is 0 Å². The summed E-state index contributed by atoms with van der Waals surface area (Å²) in [6.07, 6.45) is 0.921. The third-order valence-electron chi connectivity index (χ3n) is 2.69. The molecule has 0 saturated carbocycles. The Kier molecular flexibility index (Phi) is 6.22. The molecule has 0 aliphatic heterocycles. The Morgan fingerprint density at radius 3 is 2.67 bits per heavy atom. The van der Waals surface area contributed by atoms with Crippen LogP contribution < -0.4 is 5.73 Å². The van der Waals surface area contributed by atoms with Crippen LogP contribution in [0.15, 0.2) is 24.3 Å². The number of hydrogen-bond donors (Lipinski definition) is 1. The number of anilines is 1. The molecule has 0 spiro atoms. The lowest BCUT2D eigenvalue weighted by atomic mass is 10.1. The van der Waals surface area contributed by atoms with E-state index in [1.807, 2.05) is 31.2 Å². The first-order chi connectivity index (χ1) is 8.69. The number of nitrogens with two attached hydrogens (primary N) is 1. The number of rotatable bonds is 7. The lowest BCUT2D eigenvalue weighted by Crippen LogP contribution is -2.34. The fourth-order valence-electron chi connectivity index (χ4n) is 1.73. The highest BCUT2D eigenvalue weighted by molar-refractivity contribution is 5.77. The van der Waals surface area contributed by atoms with Gasteiger partial charge in [0.15, 0.2) is 0 Å². The highest BCUT2D eigenvalue weighted by Crippen LogP contribution is 2.13. The first-order valence-electron chi connectivity index (χ1n) is 6.37. The van der Waals surface area contributed by atoms with Crippen LogP contribution in [0.4, 0.5) is 5.69 Å². The Morgan fingerprint density at radius 2 is 2.06 bits per heavy atom. The summed E-state index contributed by atoms with van der Waals surface area (Å²) in [4.78, 5) is 13.8. The van der Waals surface area contributed by atoms with Crippen molar-refractivity contribution in [2.45, 2.75) is 26.8 Å². The molecule has 4 heteroatoms. The van der Waals surface area contributed by atoms with Crippen molar-refractivity contribution in [1.82, 2.24) is 4.90 Å². The Labute approximate surface area is 109 Å². The number of nitrogen functional groups attached to an aromatic ring is 1. The summed E-state index contributed by atoms with van der Waals surface area (Å²) in [7, 11) is 0. The van der Waals surface area contributed by atoms with E-state index >= 15 is 0 Å². The second kappa shape index (κ2) is 7.71. The monoisotopic (exact) mass is 250 g/mol. The van der Waals surface area contributed by atoms with Gasteiger partial charge in [0.2, 0.25) is 5.91 Å². The number of carbonyl (C=O) groups excluding carboxylic acids is 1. The Bertz CT molecular complexity index is 380. The molecule has 0 saturated heterocycles. The first-order valence-corrected chi connectivity index (χ1v) is 6.37. The van der Waals surface area contributed by atoms with E-state index in [9.17, 15) is 4.79 Å². The average molecular weight is 250 g/mol. The molecule has 1 rings (SSSR count). The number of hydrogen-bond acceptors (Lipinski definition) is 3. The zero-order valence-corrected chi connectivity index (χ0v) is 11.2. The normalized spacial score (nSPS) is 10.3. The fraction of sp³-hybridized carbons (Fsp3) is 0.500. The van der Waals surface area contributed by atoms with Crippen LogP contribution in [-0.2, 0) is 16.1 Å². The van der Waals surface area contributed by atoms with Gasteiger partial charge < -0.3 is 15.4 Å². The van der Waals surface area contributed by atoms with Gasteiger partial charge in [-0.2, -0.15) is 0 Å². The molecular weight excluding hydrogens is 228 g/mol. The van der Waals surface area contributed by atoms with Gasteiger partial charge in [-0.15, -0.1) is 0 Å². The van der Waals surface area contributed by atoms with Gasteiger partial charge in [0.1, 0.15) is 6.61 Å². The molecule has 0 heterocycles. The van der Waals surface area contributed by atoms with E-state index in [1.165, 1.54) is 0 Å². The van der Waals surface area contributed by atoms with E-state index in [1.54, 1.807) is 4.90 Å². The van der Waals surface area contributed by atoms with Gasteiger partial charge in [-0.05, 0) is 25.0 Å². The lowest BCUT2D eigenvalue weighted by Gasteiger charge is -2.22. The number of carbonyl (C=O) groups is 1. The molecule has 0 aliphatic rings. The Hall–Kier alpha value is -1.55. The number of nitrogens with zero attached hydrogens (tertiary/aromatic N) is 1. The van der Waals surface area contributed by atoms with Gasteiger partial charge in [-0.25, -0.2) is 0 Å². The van der Waals surface area contributed by atoms with Crippen molar-refractivity contribution in [2.24, 2.45) is 0 Å². The molecule has 0 aromatic heterocycles. The quantitative estimate of drug-likeness (QED) is 0.753. The molecule has 1 aromatic carbocycles. The van der Waals surface area contributed by atoms with Crippen molar-refractivity contribution in [2.75, 3.05) is 25.5 Å². The topological polar surface area (TPSA) is 55.6 Å². The molecule has 4 nitrogen and oxygen atoms in total. The van der Waals surface area contributed by atoms with Gasteiger partial charge in [0, 0.05) is 25.4 Å². The second-order valence-corrected chi connectivity index (χ2v) is 4.15. The molecule has 0 bridgehead atoms. The van der Waals surface area contributed by atoms with Gasteiger partial charge in [0.05, 0.1) is 0 Å². The van der Waals surface area contributed by atoms with Crippen LogP contribution in [0.3, 0.4) is 0 Å². The van der Waals surface area contributed by atoms with Gasteiger partial charge in [-0.1, -0.05) is 25.1 Å². The molecule has 0 atom stereocenters. The highest BCUT2D eigenvalue weighted by Gasteiger charge is 2.14. The zero-order valence-electron chi connectivity index (χ0n) is 11.2. The summed E-state index contributed by atoms with van der Waals surface area (Å²) in [6, 6.07) is 7.63. The Balaban J connectivity index is 2.68. The molecule has 0 unspecified atom stereocenters. The molecule has 0 fully saturated rings. The molecule has 0 aliphatic carbocycles. The van der Waals surface area contributed by atoms with Crippen molar-refractivity contribution >= 4 is 11.6 Å². The zero-order chi connectivity index (χ0) is 13.4. The maximum Gasteiger partial charge on any atom is 0.248 e. The average Bonchev–Trinajstić information content (AvgIpc) is 2.38. The fourth-order valence-corrected chi connectivity index (χ4v) is 1.73. The van der Waals surface area contributed by atoms with Crippen LogP contribution in [0.25, 0.3) is 0 Å². The summed E-state index contributed by atoms with van der Waals surface area (Å²) in [6.45, 7) is 5.90. The highest BCUT2D eigenvalue weighted by atomic mass is 16.5. The van der Waals surface area contributed by atoms with Crippen LogP contribution in [0.2, 0.25) is 0 Å². The van der Waals surface area contributed by atoms with Crippen LogP contribution in [0.5, 0.6) is 0 Å². The van der Waals surface area contributed by atoms with E-state index in [4.69, 9.17) is 10.5 Å². The summed E-state index contributed by atoms with van der Waals surface area (Å²) < 4.78 is 5.17. The lowest BCUT2D eigenvalue weighted by molar-refractivity contribution is -0.136. The maximum atomic E-state index is 12.0. The second-order valence-electron chi connectivity index (χ2n) is 4.15. The largest absolute Gasteiger partial charge is 0.398 e. The summed E-state index contributed by atoms with van der Waals surface area (Å²) in [5, 5.41) is 0. The van der Waals surface area contributed by atoms with E-state index in [2.05, 4.69) is 6.92 Å². The van der Waals surface area contributed by atoms with Gasteiger partial charge >= 0.3 is 0 Å².